The summed E-state index contributed by atoms with van der Waals surface area (Å²) in [5.74, 6) is -0.503. The van der Waals surface area contributed by atoms with Crippen molar-refractivity contribution >= 4 is 6.09 Å². The maximum atomic E-state index is 13.9. The molecule has 126 valence electrons. The highest BCUT2D eigenvalue weighted by atomic mass is 19.4. The molecule has 0 aliphatic carbocycles. The number of cyclic esters (lactones) is 1. The lowest BCUT2D eigenvalue weighted by Crippen LogP contribution is -2.30. The van der Waals surface area contributed by atoms with Gasteiger partial charge in [0, 0.05) is 5.56 Å². The van der Waals surface area contributed by atoms with Gasteiger partial charge in [-0.2, -0.15) is 13.2 Å². The van der Waals surface area contributed by atoms with E-state index in [2.05, 4.69) is 5.32 Å². The molecular formula is C17H13F4NO2. The number of amides is 1. The highest BCUT2D eigenvalue weighted by Crippen LogP contribution is 2.32. The summed E-state index contributed by atoms with van der Waals surface area (Å²) in [5, 5.41) is 2.57. The van der Waals surface area contributed by atoms with Crippen LogP contribution in [-0.2, 0) is 17.3 Å². The molecule has 1 N–H and O–H groups in total. The summed E-state index contributed by atoms with van der Waals surface area (Å²) >= 11 is 0. The zero-order valence-electron chi connectivity index (χ0n) is 12.3. The third-order valence-corrected chi connectivity index (χ3v) is 3.85. The summed E-state index contributed by atoms with van der Waals surface area (Å²) in [4.78, 5) is 11.5. The highest BCUT2D eigenvalue weighted by molar-refractivity contribution is 5.70. The second-order valence-corrected chi connectivity index (χ2v) is 5.50. The Labute approximate surface area is 135 Å². The van der Waals surface area contributed by atoms with E-state index in [1.54, 1.807) is 6.07 Å². The molecule has 0 saturated carbocycles. The summed E-state index contributed by atoms with van der Waals surface area (Å²) in [6, 6.07) is 9.99. The van der Waals surface area contributed by atoms with Gasteiger partial charge in [-0.05, 0) is 30.2 Å². The summed E-state index contributed by atoms with van der Waals surface area (Å²) in [6.45, 7) is 0. The fraction of sp³-hybridized carbons (Fsp3) is 0.235. The monoisotopic (exact) mass is 339 g/mol. The van der Waals surface area contributed by atoms with Gasteiger partial charge in [-0.15, -0.1) is 0 Å². The van der Waals surface area contributed by atoms with Crippen LogP contribution in [0.2, 0.25) is 0 Å². The van der Waals surface area contributed by atoms with Crippen molar-refractivity contribution in [3.05, 3.63) is 71.0 Å². The van der Waals surface area contributed by atoms with Gasteiger partial charge in [0.2, 0.25) is 0 Å². The molecule has 0 spiro atoms. The summed E-state index contributed by atoms with van der Waals surface area (Å²) in [6.07, 6.45) is -5.69. The molecule has 1 aliphatic rings. The van der Waals surface area contributed by atoms with E-state index in [0.717, 1.165) is 12.1 Å². The first-order valence-corrected chi connectivity index (χ1v) is 7.22. The molecule has 24 heavy (non-hydrogen) atoms. The van der Waals surface area contributed by atoms with Crippen LogP contribution in [0.4, 0.5) is 22.4 Å². The number of rotatable bonds is 3. The van der Waals surface area contributed by atoms with Crippen LogP contribution in [0.15, 0.2) is 48.5 Å². The normalized spacial score (nSPS) is 20.6. The Morgan fingerprint density at radius 3 is 2.33 bits per heavy atom. The van der Waals surface area contributed by atoms with Crippen LogP contribution >= 0.6 is 0 Å². The molecule has 2 aromatic carbocycles. The van der Waals surface area contributed by atoms with Crippen LogP contribution in [0.3, 0.4) is 0 Å². The molecule has 7 heteroatoms. The number of carbonyl (C=O) groups is 1. The zero-order chi connectivity index (χ0) is 17.3. The lowest BCUT2D eigenvalue weighted by Gasteiger charge is -2.18. The second kappa shape index (κ2) is 6.14. The quantitative estimate of drug-likeness (QED) is 0.850. The van der Waals surface area contributed by atoms with Crippen molar-refractivity contribution in [2.24, 2.45) is 0 Å². The van der Waals surface area contributed by atoms with Gasteiger partial charge in [0.05, 0.1) is 11.6 Å². The van der Waals surface area contributed by atoms with Gasteiger partial charge in [-0.25, -0.2) is 9.18 Å². The van der Waals surface area contributed by atoms with E-state index in [-0.39, 0.29) is 12.0 Å². The van der Waals surface area contributed by atoms with Crippen LogP contribution in [0.1, 0.15) is 22.8 Å². The number of carbonyl (C=O) groups excluding carboxylic acids is 1. The molecule has 1 saturated heterocycles. The van der Waals surface area contributed by atoms with E-state index in [1.165, 1.54) is 30.3 Å². The fourth-order valence-corrected chi connectivity index (χ4v) is 2.69. The molecule has 3 nitrogen and oxygen atoms in total. The Balaban J connectivity index is 1.80. The SMILES string of the molecule is O=C1NC(Cc2ccc(C(F)(F)F)cc2)C(c2ccccc2F)O1. The molecule has 2 unspecified atom stereocenters. The van der Waals surface area contributed by atoms with Gasteiger partial charge in [-0.1, -0.05) is 30.3 Å². The van der Waals surface area contributed by atoms with Gasteiger partial charge in [0.25, 0.3) is 0 Å². The first-order valence-electron chi connectivity index (χ1n) is 7.22. The maximum Gasteiger partial charge on any atom is 0.416 e. The molecule has 3 rings (SSSR count). The average Bonchev–Trinajstić information content (AvgIpc) is 2.88. The summed E-state index contributed by atoms with van der Waals surface area (Å²) in [7, 11) is 0. The number of benzene rings is 2. The number of alkyl halides is 3. The Morgan fingerprint density at radius 1 is 1.04 bits per heavy atom. The van der Waals surface area contributed by atoms with Crippen LogP contribution in [0.5, 0.6) is 0 Å². The van der Waals surface area contributed by atoms with Gasteiger partial charge in [-0.3, -0.25) is 0 Å². The van der Waals surface area contributed by atoms with Crippen molar-refractivity contribution in [1.82, 2.24) is 5.32 Å². The van der Waals surface area contributed by atoms with Gasteiger partial charge >= 0.3 is 12.3 Å². The third-order valence-electron chi connectivity index (χ3n) is 3.85. The number of hydrogen-bond donors (Lipinski definition) is 1. The lowest BCUT2D eigenvalue weighted by atomic mass is 9.96. The Bertz CT molecular complexity index is 743. The van der Waals surface area contributed by atoms with Crippen LogP contribution < -0.4 is 5.32 Å². The topological polar surface area (TPSA) is 38.3 Å². The molecular weight excluding hydrogens is 326 g/mol. The van der Waals surface area contributed by atoms with Crippen LogP contribution in [0.25, 0.3) is 0 Å². The minimum Gasteiger partial charge on any atom is -0.439 e. The van der Waals surface area contributed by atoms with Crippen molar-refractivity contribution in [3.8, 4) is 0 Å². The number of hydrogen-bond acceptors (Lipinski definition) is 2. The second-order valence-electron chi connectivity index (χ2n) is 5.50. The minimum atomic E-state index is -4.40. The number of ether oxygens (including phenoxy) is 1. The maximum absolute atomic E-state index is 13.9. The van der Waals surface area contributed by atoms with Crippen LogP contribution in [0, 0.1) is 5.82 Å². The van der Waals surface area contributed by atoms with E-state index in [0.29, 0.717) is 5.56 Å². The van der Waals surface area contributed by atoms with E-state index in [9.17, 15) is 22.4 Å². The number of nitrogens with one attached hydrogen (secondary N) is 1. The van der Waals surface area contributed by atoms with E-state index >= 15 is 0 Å². The largest absolute Gasteiger partial charge is 0.439 e. The van der Waals surface area contributed by atoms with Crippen molar-refractivity contribution in [2.75, 3.05) is 0 Å². The van der Waals surface area contributed by atoms with Crippen molar-refractivity contribution < 1.29 is 27.1 Å². The van der Waals surface area contributed by atoms with Crippen molar-refractivity contribution in [1.29, 1.82) is 0 Å². The van der Waals surface area contributed by atoms with E-state index in [4.69, 9.17) is 4.74 Å². The lowest BCUT2D eigenvalue weighted by molar-refractivity contribution is -0.137. The molecule has 1 aliphatic heterocycles. The minimum absolute atomic E-state index is 0.225. The highest BCUT2D eigenvalue weighted by Gasteiger charge is 2.37. The molecule has 2 atom stereocenters. The number of halogens is 4. The van der Waals surface area contributed by atoms with Gasteiger partial charge in [0.1, 0.15) is 5.82 Å². The number of alkyl carbamates (subject to hydrolysis) is 1. The molecule has 0 radical (unpaired) electrons. The Hall–Kier alpha value is -2.57. The fourth-order valence-electron chi connectivity index (χ4n) is 2.69. The van der Waals surface area contributed by atoms with Crippen LogP contribution in [-0.4, -0.2) is 12.1 Å². The van der Waals surface area contributed by atoms with E-state index in [1.807, 2.05) is 0 Å². The molecule has 0 aromatic heterocycles. The molecule has 2 aromatic rings. The Kier molecular flexibility index (Phi) is 4.17. The third kappa shape index (κ3) is 3.34. The summed E-state index contributed by atoms with van der Waals surface area (Å²) < 4.78 is 56.8. The predicted octanol–water partition coefficient (Wildman–Crippen LogP) is 4.24. The smallest absolute Gasteiger partial charge is 0.416 e. The first-order chi connectivity index (χ1) is 11.3. The predicted molar refractivity (Wildman–Crippen MR) is 77.7 cm³/mol. The Morgan fingerprint density at radius 2 is 1.71 bits per heavy atom. The van der Waals surface area contributed by atoms with E-state index < -0.39 is 35.8 Å². The molecule has 1 fully saturated rings. The van der Waals surface area contributed by atoms with Gasteiger partial charge in [0.15, 0.2) is 6.10 Å². The molecule has 1 amide bonds. The molecule has 0 bridgehead atoms. The standard InChI is InChI=1S/C17H13F4NO2/c18-13-4-2-1-3-12(13)15-14(22-16(23)24-15)9-10-5-7-11(8-6-10)17(19,20)21/h1-8,14-15H,9H2,(H,22,23). The molecule has 1 heterocycles. The van der Waals surface area contributed by atoms with Gasteiger partial charge < -0.3 is 10.1 Å². The first kappa shape index (κ1) is 16.3. The van der Waals surface area contributed by atoms with Crippen molar-refractivity contribution in [2.45, 2.75) is 24.7 Å². The summed E-state index contributed by atoms with van der Waals surface area (Å²) in [5.41, 5.74) is 0.0662. The average molecular weight is 339 g/mol. The zero-order valence-corrected chi connectivity index (χ0v) is 12.3. The van der Waals surface area contributed by atoms with Crippen molar-refractivity contribution in [3.63, 3.8) is 0 Å².